The van der Waals surface area contributed by atoms with E-state index in [4.69, 9.17) is 4.74 Å². The minimum absolute atomic E-state index is 0.243. The van der Waals surface area contributed by atoms with Gasteiger partial charge in [-0.3, -0.25) is 25.4 Å². The van der Waals surface area contributed by atoms with Gasteiger partial charge in [0.2, 0.25) is 5.91 Å². The third-order valence-corrected chi connectivity index (χ3v) is 3.75. The van der Waals surface area contributed by atoms with E-state index in [9.17, 15) is 9.59 Å². The Balaban J connectivity index is 1.41. The van der Waals surface area contributed by atoms with Gasteiger partial charge in [-0.05, 0) is 30.7 Å². The number of pyridine rings is 1. The first-order chi connectivity index (χ1) is 12.7. The summed E-state index contributed by atoms with van der Waals surface area (Å²) in [6, 6.07) is 18.3. The van der Waals surface area contributed by atoms with E-state index in [1.54, 1.807) is 30.5 Å². The Morgan fingerprint density at radius 3 is 2.58 bits per heavy atom. The molecule has 1 aromatic heterocycles. The Bertz CT molecular complexity index is 892. The SMILES string of the molecule is O=C(CCCOc1cccc2cccnc12)NNC(=O)c1ccccc1. The van der Waals surface area contributed by atoms with Gasteiger partial charge >= 0.3 is 0 Å². The maximum absolute atomic E-state index is 11.8. The topological polar surface area (TPSA) is 80.3 Å². The molecular formula is C20H19N3O3. The molecule has 0 atom stereocenters. The molecule has 0 saturated carbocycles. The third-order valence-electron chi connectivity index (χ3n) is 3.75. The number of nitrogens with zero attached hydrogens (tertiary/aromatic N) is 1. The maximum Gasteiger partial charge on any atom is 0.269 e. The van der Waals surface area contributed by atoms with E-state index in [0.29, 0.717) is 24.3 Å². The van der Waals surface area contributed by atoms with Crippen LogP contribution in [-0.2, 0) is 4.79 Å². The predicted octanol–water partition coefficient (Wildman–Crippen LogP) is 2.86. The Labute approximate surface area is 151 Å². The van der Waals surface area contributed by atoms with Crippen LogP contribution in [0.3, 0.4) is 0 Å². The quantitative estimate of drug-likeness (QED) is 0.530. The number of carbonyl (C=O) groups is 2. The van der Waals surface area contributed by atoms with E-state index >= 15 is 0 Å². The highest BCUT2D eigenvalue weighted by Crippen LogP contribution is 2.22. The molecule has 2 aromatic carbocycles. The van der Waals surface area contributed by atoms with Crippen molar-refractivity contribution in [3.05, 3.63) is 72.4 Å². The minimum Gasteiger partial charge on any atom is -0.491 e. The fourth-order valence-corrected chi connectivity index (χ4v) is 2.46. The van der Waals surface area contributed by atoms with E-state index < -0.39 is 0 Å². The van der Waals surface area contributed by atoms with Crippen LogP contribution in [0.25, 0.3) is 10.9 Å². The van der Waals surface area contributed by atoms with E-state index in [0.717, 1.165) is 10.9 Å². The summed E-state index contributed by atoms with van der Waals surface area (Å²) in [5.74, 6) is 0.0758. The van der Waals surface area contributed by atoms with Crippen LogP contribution in [0.1, 0.15) is 23.2 Å². The molecule has 6 heteroatoms. The number of carbonyl (C=O) groups excluding carboxylic acids is 2. The minimum atomic E-state index is -0.350. The Morgan fingerprint density at radius 1 is 0.923 bits per heavy atom. The number of nitrogens with one attached hydrogen (secondary N) is 2. The average molecular weight is 349 g/mol. The molecule has 0 aliphatic heterocycles. The number of hydrazine groups is 1. The van der Waals surface area contributed by atoms with Gasteiger partial charge in [-0.25, -0.2) is 0 Å². The molecule has 3 aromatic rings. The van der Waals surface area contributed by atoms with Gasteiger partial charge in [0, 0.05) is 23.6 Å². The summed E-state index contributed by atoms with van der Waals surface area (Å²) in [4.78, 5) is 28.0. The molecule has 0 fully saturated rings. The molecule has 0 aliphatic rings. The summed E-state index contributed by atoms with van der Waals surface area (Å²) >= 11 is 0. The summed E-state index contributed by atoms with van der Waals surface area (Å²) < 4.78 is 5.73. The summed E-state index contributed by atoms with van der Waals surface area (Å²) in [6.07, 6.45) is 2.49. The first-order valence-electron chi connectivity index (χ1n) is 8.35. The van der Waals surface area contributed by atoms with Crippen LogP contribution in [0.5, 0.6) is 5.75 Å². The monoisotopic (exact) mass is 349 g/mol. The normalized spacial score (nSPS) is 10.3. The first-order valence-corrected chi connectivity index (χ1v) is 8.35. The molecule has 132 valence electrons. The average Bonchev–Trinajstić information content (AvgIpc) is 2.70. The zero-order valence-electron chi connectivity index (χ0n) is 14.1. The molecule has 26 heavy (non-hydrogen) atoms. The van der Waals surface area contributed by atoms with E-state index in [2.05, 4.69) is 15.8 Å². The second-order valence-electron chi connectivity index (χ2n) is 5.65. The molecule has 0 aliphatic carbocycles. The zero-order valence-corrected chi connectivity index (χ0v) is 14.1. The standard InChI is InChI=1S/C20H19N3O3/c24-18(22-23-20(25)16-7-2-1-3-8-16)12-6-14-26-17-11-4-9-15-10-5-13-21-19(15)17/h1-5,7-11,13H,6,12,14H2,(H,22,24)(H,23,25). The molecule has 0 spiro atoms. The predicted molar refractivity (Wildman–Crippen MR) is 98.5 cm³/mol. The van der Waals surface area contributed by atoms with Crippen LogP contribution in [-0.4, -0.2) is 23.4 Å². The van der Waals surface area contributed by atoms with Crippen molar-refractivity contribution in [1.82, 2.24) is 15.8 Å². The van der Waals surface area contributed by atoms with Crippen molar-refractivity contribution in [3.8, 4) is 5.75 Å². The number of ether oxygens (including phenoxy) is 1. The van der Waals surface area contributed by atoms with Crippen molar-refractivity contribution in [2.45, 2.75) is 12.8 Å². The Hall–Kier alpha value is -3.41. The van der Waals surface area contributed by atoms with Crippen molar-refractivity contribution in [1.29, 1.82) is 0 Å². The highest BCUT2D eigenvalue weighted by atomic mass is 16.5. The lowest BCUT2D eigenvalue weighted by molar-refractivity contribution is -0.122. The number of hydrogen-bond acceptors (Lipinski definition) is 4. The molecule has 0 bridgehead atoms. The van der Waals surface area contributed by atoms with Crippen LogP contribution in [0.15, 0.2) is 66.9 Å². The molecule has 0 unspecified atom stereocenters. The van der Waals surface area contributed by atoms with Gasteiger partial charge in [-0.2, -0.15) is 0 Å². The van der Waals surface area contributed by atoms with Gasteiger partial charge in [0.15, 0.2) is 0 Å². The number of para-hydroxylation sites is 1. The number of aromatic nitrogens is 1. The number of hydrogen-bond donors (Lipinski definition) is 2. The van der Waals surface area contributed by atoms with Crippen LogP contribution in [0.2, 0.25) is 0 Å². The lowest BCUT2D eigenvalue weighted by atomic mass is 10.2. The molecule has 0 saturated heterocycles. The number of amides is 2. The maximum atomic E-state index is 11.8. The van der Waals surface area contributed by atoms with Crippen LogP contribution in [0.4, 0.5) is 0 Å². The lowest BCUT2D eigenvalue weighted by Gasteiger charge is -2.09. The molecule has 1 heterocycles. The Kier molecular flexibility index (Phi) is 5.77. The second kappa shape index (κ2) is 8.62. The molecule has 3 rings (SSSR count). The lowest BCUT2D eigenvalue weighted by Crippen LogP contribution is -2.41. The van der Waals surface area contributed by atoms with Crippen LogP contribution >= 0.6 is 0 Å². The van der Waals surface area contributed by atoms with Gasteiger partial charge in [0.25, 0.3) is 5.91 Å². The van der Waals surface area contributed by atoms with Gasteiger partial charge in [-0.15, -0.1) is 0 Å². The van der Waals surface area contributed by atoms with Crippen molar-refractivity contribution in [2.75, 3.05) is 6.61 Å². The van der Waals surface area contributed by atoms with Crippen molar-refractivity contribution in [2.24, 2.45) is 0 Å². The summed E-state index contributed by atoms with van der Waals surface area (Å²) in [5.41, 5.74) is 6.08. The van der Waals surface area contributed by atoms with E-state index in [1.807, 2.05) is 36.4 Å². The van der Waals surface area contributed by atoms with Crippen molar-refractivity contribution >= 4 is 22.7 Å². The first kappa shape index (κ1) is 17.4. The number of fused-ring (bicyclic) bond motifs is 1. The molecule has 0 radical (unpaired) electrons. The summed E-state index contributed by atoms with van der Waals surface area (Å²) in [5, 5.41) is 1.01. The number of rotatable bonds is 6. The smallest absolute Gasteiger partial charge is 0.269 e. The van der Waals surface area contributed by atoms with Gasteiger partial charge in [0.1, 0.15) is 11.3 Å². The van der Waals surface area contributed by atoms with Crippen molar-refractivity contribution in [3.63, 3.8) is 0 Å². The van der Waals surface area contributed by atoms with Crippen molar-refractivity contribution < 1.29 is 14.3 Å². The number of benzene rings is 2. The fraction of sp³-hybridized carbons (Fsp3) is 0.150. The highest BCUT2D eigenvalue weighted by Gasteiger charge is 2.07. The van der Waals surface area contributed by atoms with Gasteiger partial charge in [0.05, 0.1) is 6.61 Å². The zero-order chi connectivity index (χ0) is 18.2. The summed E-state index contributed by atoms with van der Waals surface area (Å²) in [7, 11) is 0. The molecule has 6 nitrogen and oxygen atoms in total. The third kappa shape index (κ3) is 4.57. The fourth-order valence-electron chi connectivity index (χ4n) is 2.46. The molecule has 2 amide bonds. The van der Waals surface area contributed by atoms with Crippen LogP contribution in [0, 0.1) is 0 Å². The Morgan fingerprint density at radius 2 is 1.73 bits per heavy atom. The molecule has 2 N–H and O–H groups in total. The van der Waals surface area contributed by atoms with Crippen LogP contribution < -0.4 is 15.6 Å². The van der Waals surface area contributed by atoms with Gasteiger partial charge in [-0.1, -0.05) is 36.4 Å². The van der Waals surface area contributed by atoms with Gasteiger partial charge < -0.3 is 4.74 Å². The largest absolute Gasteiger partial charge is 0.491 e. The highest BCUT2D eigenvalue weighted by molar-refractivity contribution is 5.95. The second-order valence-corrected chi connectivity index (χ2v) is 5.65. The van der Waals surface area contributed by atoms with E-state index in [1.165, 1.54) is 0 Å². The van der Waals surface area contributed by atoms with E-state index in [-0.39, 0.29) is 18.2 Å². The molecular weight excluding hydrogens is 330 g/mol. The summed E-state index contributed by atoms with van der Waals surface area (Å²) in [6.45, 7) is 0.385.